The first kappa shape index (κ1) is 18.0. The van der Waals surface area contributed by atoms with Gasteiger partial charge >= 0.3 is 0 Å². The van der Waals surface area contributed by atoms with E-state index >= 15 is 0 Å². The highest BCUT2D eigenvalue weighted by molar-refractivity contribution is 5.95. The molecule has 1 fully saturated rings. The molecule has 1 aliphatic rings. The lowest BCUT2D eigenvalue weighted by Gasteiger charge is -2.39. The number of likely N-dealkylation sites (tertiary alicyclic amines) is 1. The summed E-state index contributed by atoms with van der Waals surface area (Å²) < 4.78 is 7.42. The number of amides is 1. The summed E-state index contributed by atoms with van der Waals surface area (Å²) in [4.78, 5) is 26.3. The molecule has 0 bridgehead atoms. The zero-order valence-electron chi connectivity index (χ0n) is 16.0. The Kier molecular flexibility index (Phi) is 4.74. The zero-order valence-corrected chi connectivity index (χ0v) is 16.0. The van der Waals surface area contributed by atoms with Crippen LogP contribution in [-0.2, 0) is 7.05 Å². The maximum absolute atomic E-state index is 12.6. The van der Waals surface area contributed by atoms with Crippen LogP contribution in [0.3, 0.4) is 0 Å². The summed E-state index contributed by atoms with van der Waals surface area (Å²) in [5, 5.41) is 0. The standard InChI is InChI=1S/C23H22N2O3/c1-16-12-20(13-22(26)24(16)2)28-21-14-25(15-21)23(27)19-10-8-18(9-11-19)17-6-4-3-5-7-17/h3-13,21H,14-15H2,1-2H3. The van der Waals surface area contributed by atoms with Crippen LogP contribution in [0.15, 0.2) is 71.5 Å². The molecule has 5 nitrogen and oxygen atoms in total. The minimum atomic E-state index is -0.0965. The molecule has 0 radical (unpaired) electrons. The van der Waals surface area contributed by atoms with Gasteiger partial charge in [-0.3, -0.25) is 9.59 Å². The third kappa shape index (κ3) is 3.56. The van der Waals surface area contributed by atoms with Crippen molar-refractivity contribution in [1.82, 2.24) is 9.47 Å². The third-order valence-corrected chi connectivity index (χ3v) is 5.15. The Morgan fingerprint density at radius 3 is 2.25 bits per heavy atom. The number of hydrogen-bond acceptors (Lipinski definition) is 3. The van der Waals surface area contributed by atoms with Crippen molar-refractivity contribution in [3.63, 3.8) is 0 Å². The summed E-state index contributed by atoms with van der Waals surface area (Å²) in [5.41, 5.74) is 3.63. The van der Waals surface area contributed by atoms with Gasteiger partial charge in [0.2, 0.25) is 0 Å². The van der Waals surface area contributed by atoms with E-state index in [1.165, 1.54) is 6.07 Å². The van der Waals surface area contributed by atoms with Gasteiger partial charge in [-0.1, -0.05) is 42.5 Å². The molecule has 0 saturated carbocycles. The van der Waals surface area contributed by atoms with Gasteiger partial charge in [-0.05, 0) is 36.2 Å². The van der Waals surface area contributed by atoms with Crippen LogP contribution in [0.4, 0.5) is 0 Å². The largest absolute Gasteiger partial charge is 0.486 e. The van der Waals surface area contributed by atoms with Gasteiger partial charge in [0.1, 0.15) is 11.9 Å². The molecular weight excluding hydrogens is 352 g/mol. The predicted octanol–water partition coefficient (Wildman–Crippen LogP) is 3.26. The topological polar surface area (TPSA) is 51.5 Å². The van der Waals surface area contributed by atoms with Crippen LogP contribution in [0.2, 0.25) is 0 Å². The van der Waals surface area contributed by atoms with E-state index in [0.717, 1.165) is 16.8 Å². The number of benzene rings is 2. The maximum atomic E-state index is 12.6. The molecule has 2 heterocycles. The summed E-state index contributed by atoms with van der Waals surface area (Å²) in [6.45, 7) is 2.91. The van der Waals surface area contributed by atoms with Crippen LogP contribution in [0.25, 0.3) is 11.1 Å². The summed E-state index contributed by atoms with van der Waals surface area (Å²) in [6.07, 6.45) is -0.0842. The van der Waals surface area contributed by atoms with Gasteiger partial charge in [0, 0.05) is 24.4 Å². The van der Waals surface area contributed by atoms with E-state index < -0.39 is 0 Å². The number of hydrogen-bond donors (Lipinski definition) is 0. The Labute approximate surface area is 163 Å². The fourth-order valence-electron chi connectivity index (χ4n) is 3.29. The molecule has 1 aliphatic heterocycles. The molecule has 142 valence electrons. The number of aryl methyl sites for hydroxylation is 1. The first-order valence-corrected chi connectivity index (χ1v) is 9.30. The minimum absolute atomic E-state index is 0.000354. The molecule has 1 amide bonds. The normalized spacial score (nSPS) is 13.9. The first-order valence-electron chi connectivity index (χ1n) is 9.30. The number of carbonyl (C=O) groups is 1. The van der Waals surface area contributed by atoms with E-state index in [4.69, 9.17) is 4.74 Å². The predicted molar refractivity (Wildman–Crippen MR) is 109 cm³/mol. The van der Waals surface area contributed by atoms with E-state index in [1.54, 1.807) is 16.5 Å². The quantitative estimate of drug-likeness (QED) is 0.704. The number of ether oxygens (including phenoxy) is 1. The molecule has 28 heavy (non-hydrogen) atoms. The highest BCUT2D eigenvalue weighted by atomic mass is 16.5. The fourth-order valence-corrected chi connectivity index (χ4v) is 3.29. The highest BCUT2D eigenvalue weighted by Crippen LogP contribution is 2.22. The van der Waals surface area contributed by atoms with E-state index in [-0.39, 0.29) is 17.6 Å². The molecule has 5 heteroatoms. The lowest BCUT2D eigenvalue weighted by Crippen LogP contribution is -2.56. The van der Waals surface area contributed by atoms with Gasteiger partial charge in [-0.2, -0.15) is 0 Å². The molecule has 0 unspecified atom stereocenters. The van der Waals surface area contributed by atoms with Crippen molar-refractivity contribution in [2.75, 3.05) is 13.1 Å². The van der Waals surface area contributed by atoms with Crippen LogP contribution in [-0.4, -0.2) is 34.6 Å². The molecule has 1 saturated heterocycles. The first-order chi connectivity index (χ1) is 13.5. The van der Waals surface area contributed by atoms with Crippen molar-refractivity contribution in [2.45, 2.75) is 13.0 Å². The van der Waals surface area contributed by atoms with E-state index in [9.17, 15) is 9.59 Å². The number of aromatic nitrogens is 1. The number of rotatable bonds is 4. The van der Waals surface area contributed by atoms with Crippen LogP contribution in [0.5, 0.6) is 5.75 Å². The van der Waals surface area contributed by atoms with Crippen molar-refractivity contribution in [3.05, 3.63) is 88.3 Å². The van der Waals surface area contributed by atoms with Crippen molar-refractivity contribution in [3.8, 4) is 16.9 Å². The van der Waals surface area contributed by atoms with Gasteiger partial charge in [0.15, 0.2) is 0 Å². The molecular formula is C23H22N2O3. The molecule has 2 aromatic carbocycles. The molecule has 0 N–H and O–H groups in total. The van der Waals surface area contributed by atoms with Gasteiger partial charge in [0.25, 0.3) is 11.5 Å². The summed E-state index contributed by atoms with van der Waals surface area (Å²) >= 11 is 0. The number of carbonyl (C=O) groups excluding carboxylic acids is 1. The zero-order chi connectivity index (χ0) is 19.7. The molecule has 0 aliphatic carbocycles. The number of pyridine rings is 1. The average molecular weight is 374 g/mol. The lowest BCUT2D eigenvalue weighted by atomic mass is 10.0. The monoisotopic (exact) mass is 374 g/mol. The van der Waals surface area contributed by atoms with Crippen LogP contribution < -0.4 is 10.3 Å². The van der Waals surface area contributed by atoms with Crippen LogP contribution >= 0.6 is 0 Å². The van der Waals surface area contributed by atoms with Crippen molar-refractivity contribution >= 4 is 5.91 Å². The Morgan fingerprint density at radius 2 is 1.61 bits per heavy atom. The van der Waals surface area contributed by atoms with Crippen LogP contribution in [0.1, 0.15) is 16.1 Å². The van der Waals surface area contributed by atoms with Gasteiger partial charge in [0.05, 0.1) is 13.1 Å². The second kappa shape index (κ2) is 7.35. The maximum Gasteiger partial charge on any atom is 0.254 e. The Bertz CT molecular complexity index is 1050. The SMILES string of the molecule is Cc1cc(OC2CN(C(=O)c3ccc(-c4ccccc4)cc3)C2)cc(=O)n1C. The smallest absolute Gasteiger partial charge is 0.254 e. The van der Waals surface area contributed by atoms with Crippen molar-refractivity contribution in [1.29, 1.82) is 0 Å². The Balaban J connectivity index is 1.37. The summed E-state index contributed by atoms with van der Waals surface area (Å²) in [5.74, 6) is 0.560. The van der Waals surface area contributed by atoms with E-state index in [1.807, 2.05) is 67.6 Å². The second-order valence-corrected chi connectivity index (χ2v) is 7.12. The van der Waals surface area contributed by atoms with Gasteiger partial charge in [-0.25, -0.2) is 0 Å². The average Bonchev–Trinajstić information content (AvgIpc) is 2.69. The third-order valence-electron chi connectivity index (χ3n) is 5.15. The summed E-state index contributed by atoms with van der Waals surface area (Å²) in [7, 11) is 1.73. The molecule has 0 spiro atoms. The van der Waals surface area contributed by atoms with Crippen molar-refractivity contribution < 1.29 is 9.53 Å². The minimum Gasteiger partial charge on any atom is -0.486 e. The Morgan fingerprint density at radius 1 is 0.964 bits per heavy atom. The lowest BCUT2D eigenvalue weighted by molar-refractivity contribution is 0.0176. The molecule has 0 atom stereocenters. The molecule has 3 aromatic rings. The summed E-state index contributed by atoms with van der Waals surface area (Å²) in [6, 6.07) is 21.1. The van der Waals surface area contributed by atoms with Gasteiger partial charge in [-0.15, -0.1) is 0 Å². The molecule has 1 aromatic heterocycles. The fraction of sp³-hybridized carbons (Fsp3) is 0.217. The van der Waals surface area contributed by atoms with E-state index in [2.05, 4.69) is 0 Å². The van der Waals surface area contributed by atoms with Crippen molar-refractivity contribution in [2.24, 2.45) is 7.05 Å². The highest BCUT2D eigenvalue weighted by Gasteiger charge is 2.33. The van der Waals surface area contributed by atoms with E-state index in [0.29, 0.717) is 24.4 Å². The van der Waals surface area contributed by atoms with Crippen LogP contribution in [0, 0.1) is 6.92 Å². The Hall–Kier alpha value is -3.34. The number of nitrogens with zero attached hydrogens (tertiary/aromatic N) is 2. The second-order valence-electron chi connectivity index (χ2n) is 7.12. The van der Waals surface area contributed by atoms with Gasteiger partial charge < -0.3 is 14.2 Å². The molecule has 4 rings (SSSR count).